The van der Waals surface area contributed by atoms with Crippen molar-refractivity contribution in [1.29, 1.82) is 0 Å². The van der Waals surface area contributed by atoms with Crippen LogP contribution in [0.1, 0.15) is 11.1 Å². The van der Waals surface area contributed by atoms with E-state index in [1.807, 2.05) is 36.4 Å². The fraction of sp³-hybridized carbons (Fsp3) is 0.0909. The second kappa shape index (κ2) is 10.2. The average molecular weight is 461 g/mol. The summed E-state index contributed by atoms with van der Waals surface area (Å²) in [4.78, 5) is 22.7. The molecule has 3 aromatic carbocycles. The lowest BCUT2D eigenvalue weighted by molar-refractivity contribution is -0.141. The Kier molecular flexibility index (Phi) is 7.36. The Morgan fingerprint density at radius 2 is 1.65 bits per heavy atom. The molecule has 0 aliphatic heterocycles. The van der Waals surface area contributed by atoms with Crippen molar-refractivity contribution in [3.05, 3.63) is 81.8 Å². The number of nitrogens with one attached hydrogen (secondary N) is 2. The summed E-state index contributed by atoms with van der Waals surface area (Å²) in [6.07, 6.45) is 0.639. The molecule has 31 heavy (non-hydrogen) atoms. The van der Waals surface area contributed by atoms with Crippen LogP contribution in [0.15, 0.2) is 60.7 Å². The van der Waals surface area contributed by atoms with E-state index in [0.717, 1.165) is 11.1 Å². The highest BCUT2D eigenvalue weighted by Gasteiger charge is 2.17. The first-order valence-electron chi connectivity index (χ1n) is 9.04. The third-order valence-electron chi connectivity index (χ3n) is 4.27. The van der Waals surface area contributed by atoms with Crippen LogP contribution in [0.2, 0.25) is 10.0 Å². The molecule has 0 saturated heterocycles. The standard InChI is InChI=1S/C22H18Cl2N2O5/c1-30-19-8-7-16(10-14(19)9-13-5-3-2-4-6-13)31-20-17(23)11-15(12-18(20)24)25-21(27)22(28)26-29/h2-8,10-12,29H,9H2,1H3,(H,25,27)(H,26,28). The fourth-order valence-electron chi connectivity index (χ4n) is 2.86. The number of halogens is 2. The van der Waals surface area contributed by atoms with Crippen molar-refractivity contribution < 1.29 is 24.3 Å². The smallest absolute Gasteiger partial charge is 0.332 e. The number of methoxy groups -OCH3 is 1. The highest BCUT2D eigenvalue weighted by Crippen LogP contribution is 2.40. The van der Waals surface area contributed by atoms with E-state index in [4.69, 9.17) is 37.9 Å². The van der Waals surface area contributed by atoms with Crippen LogP contribution in [0.25, 0.3) is 0 Å². The van der Waals surface area contributed by atoms with Gasteiger partial charge in [-0.3, -0.25) is 14.8 Å². The molecular formula is C22H18Cl2N2O5. The Morgan fingerprint density at radius 1 is 0.968 bits per heavy atom. The van der Waals surface area contributed by atoms with Gasteiger partial charge in [0.2, 0.25) is 0 Å². The molecule has 0 aromatic heterocycles. The summed E-state index contributed by atoms with van der Waals surface area (Å²) >= 11 is 12.5. The molecule has 0 bridgehead atoms. The molecule has 0 aliphatic carbocycles. The van der Waals surface area contributed by atoms with Gasteiger partial charge in [0.25, 0.3) is 0 Å². The number of amides is 2. The first-order valence-corrected chi connectivity index (χ1v) is 9.80. The zero-order valence-corrected chi connectivity index (χ0v) is 17.8. The topological polar surface area (TPSA) is 96.9 Å². The number of hydroxylamine groups is 1. The largest absolute Gasteiger partial charge is 0.496 e. The molecule has 9 heteroatoms. The third-order valence-corrected chi connectivity index (χ3v) is 4.83. The van der Waals surface area contributed by atoms with E-state index in [0.29, 0.717) is 17.9 Å². The van der Waals surface area contributed by atoms with Crippen molar-refractivity contribution in [3.8, 4) is 17.2 Å². The second-order valence-corrected chi connectivity index (χ2v) is 7.22. The van der Waals surface area contributed by atoms with Crippen LogP contribution in [0.5, 0.6) is 17.2 Å². The predicted molar refractivity (Wildman–Crippen MR) is 117 cm³/mol. The molecular weight excluding hydrogens is 443 g/mol. The van der Waals surface area contributed by atoms with Crippen LogP contribution in [0.3, 0.4) is 0 Å². The number of anilines is 1. The summed E-state index contributed by atoms with van der Waals surface area (Å²) in [5, 5.41) is 11.0. The highest BCUT2D eigenvalue weighted by atomic mass is 35.5. The summed E-state index contributed by atoms with van der Waals surface area (Å²) in [6.45, 7) is 0. The first kappa shape index (κ1) is 22.4. The summed E-state index contributed by atoms with van der Waals surface area (Å²) < 4.78 is 11.3. The Labute approximate surface area is 188 Å². The Bertz CT molecular complexity index is 1080. The van der Waals surface area contributed by atoms with Crippen LogP contribution < -0.4 is 20.3 Å². The molecule has 0 spiro atoms. The van der Waals surface area contributed by atoms with Crippen LogP contribution in [0, 0.1) is 0 Å². The molecule has 0 atom stereocenters. The molecule has 3 rings (SSSR count). The van der Waals surface area contributed by atoms with Gasteiger partial charge in [-0.15, -0.1) is 0 Å². The van der Waals surface area contributed by atoms with Crippen LogP contribution in [-0.2, 0) is 16.0 Å². The summed E-state index contributed by atoms with van der Waals surface area (Å²) in [7, 11) is 1.60. The van der Waals surface area contributed by atoms with Gasteiger partial charge in [-0.1, -0.05) is 53.5 Å². The SMILES string of the molecule is COc1ccc(Oc2c(Cl)cc(NC(=O)C(=O)NO)cc2Cl)cc1Cc1ccccc1. The minimum absolute atomic E-state index is 0.118. The van der Waals surface area contributed by atoms with Crippen LogP contribution in [0.4, 0.5) is 5.69 Å². The molecule has 3 N–H and O–H groups in total. The lowest BCUT2D eigenvalue weighted by atomic mass is 10.0. The van der Waals surface area contributed by atoms with Crippen molar-refractivity contribution in [2.45, 2.75) is 6.42 Å². The number of hydrogen-bond donors (Lipinski definition) is 3. The molecule has 0 unspecified atom stereocenters. The monoisotopic (exact) mass is 460 g/mol. The van der Waals surface area contributed by atoms with Crippen LogP contribution >= 0.6 is 23.2 Å². The molecule has 0 heterocycles. The van der Waals surface area contributed by atoms with Gasteiger partial charge in [-0.2, -0.15) is 0 Å². The molecule has 0 saturated carbocycles. The van der Waals surface area contributed by atoms with E-state index in [2.05, 4.69) is 5.32 Å². The summed E-state index contributed by atoms with van der Waals surface area (Å²) in [5.41, 5.74) is 3.43. The zero-order valence-electron chi connectivity index (χ0n) is 16.3. The lowest BCUT2D eigenvalue weighted by Crippen LogP contribution is -2.33. The van der Waals surface area contributed by atoms with Gasteiger partial charge in [-0.05, 0) is 35.9 Å². The second-order valence-electron chi connectivity index (χ2n) is 6.40. The normalized spacial score (nSPS) is 10.3. The number of rotatable bonds is 6. The minimum atomic E-state index is -1.23. The Balaban J connectivity index is 1.84. The highest BCUT2D eigenvalue weighted by molar-refractivity contribution is 6.40. The maximum Gasteiger partial charge on any atom is 0.332 e. The molecule has 3 aromatic rings. The van der Waals surface area contributed by atoms with Crippen molar-refractivity contribution in [1.82, 2.24) is 5.48 Å². The van der Waals surface area contributed by atoms with Crippen molar-refractivity contribution in [2.75, 3.05) is 12.4 Å². The predicted octanol–water partition coefficient (Wildman–Crippen LogP) is 4.83. The van der Waals surface area contributed by atoms with Gasteiger partial charge >= 0.3 is 11.8 Å². The van der Waals surface area contributed by atoms with Gasteiger partial charge < -0.3 is 14.8 Å². The molecule has 0 fully saturated rings. The van der Waals surface area contributed by atoms with E-state index in [1.54, 1.807) is 19.2 Å². The number of carbonyl (C=O) groups is 2. The maximum atomic E-state index is 11.6. The van der Waals surface area contributed by atoms with E-state index in [-0.39, 0.29) is 21.5 Å². The molecule has 7 nitrogen and oxygen atoms in total. The molecule has 0 aliphatic rings. The fourth-order valence-corrected chi connectivity index (χ4v) is 3.42. The van der Waals surface area contributed by atoms with E-state index < -0.39 is 11.8 Å². The van der Waals surface area contributed by atoms with Gasteiger partial charge in [0.05, 0.1) is 17.2 Å². The van der Waals surface area contributed by atoms with Gasteiger partial charge in [0, 0.05) is 17.7 Å². The van der Waals surface area contributed by atoms with E-state index in [9.17, 15) is 9.59 Å². The van der Waals surface area contributed by atoms with Crippen molar-refractivity contribution in [2.24, 2.45) is 0 Å². The van der Waals surface area contributed by atoms with Crippen LogP contribution in [-0.4, -0.2) is 24.1 Å². The number of hydrogen-bond acceptors (Lipinski definition) is 5. The van der Waals surface area contributed by atoms with E-state index in [1.165, 1.54) is 17.6 Å². The number of benzene rings is 3. The summed E-state index contributed by atoms with van der Waals surface area (Å²) in [5.74, 6) is -0.912. The average Bonchev–Trinajstić information content (AvgIpc) is 2.76. The summed E-state index contributed by atoms with van der Waals surface area (Å²) in [6, 6.07) is 18.0. The molecule has 0 radical (unpaired) electrons. The minimum Gasteiger partial charge on any atom is -0.496 e. The number of ether oxygens (including phenoxy) is 2. The zero-order chi connectivity index (χ0) is 22.4. The van der Waals surface area contributed by atoms with Gasteiger partial charge in [0.1, 0.15) is 11.5 Å². The van der Waals surface area contributed by atoms with E-state index >= 15 is 0 Å². The van der Waals surface area contributed by atoms with Crippen molar-refractivity contribution in [3.63, 3.8) is 0 Å². The quantitative estimate of drug-likeness (QED) is 0.278. The molecule has 160 valence electrons. The third kappa shape index (κ3) is 5.67. The van der Waals surface area contributed by atoms with Gasteiger partial charge in [0.15, 0.2) is 5.75 Å². The Hall–Kier alpha value is -3.26. The first-order chi connectivity index (χ1) is 14.9. The maximum absolute atomic E-state index is 11.6. The lowest BCUT2D eigenvalue weighted by Gasteiger charge is -2.14. The van der Waals surface area contributed by atoms with Crippen molar-refractivity contribution >= 4 is 40.7 Å². The Morgan fingerprint density at radius 3 is 2.26 bits per heavy atom. The molecule has 2 amide bonds. The number of carbonyl (C=O) groups excluding carboxylic acids is 2. The van der Waals surface area contributed by atoms with Gasteiger partial charge in [-0.25, -0.2) is 5.48 Å².